The van der Waals surface area contributed by atoms with E-state index in [0.29, 0.717) is 29.4 Å². The van der Waals surface area contributed by atoms with Gasteiger partial charge < -0.3 is 15.2 Å². The minimum atomic E-state index is -1.15. The first-order chi connectivity index (χ1) is 14.0. The molecule has 0 saturated carbocycles. The molecule has 0 amide bonds. The van der Waals surface area contributed by atoms with Crippen molar-refractivity contribution in [2.75, 3.05) is 31.6 Å². The van der Waals surface area contributed by atoms with E-state index in [-0.39, 0.29) is 11.3 Å². The van der Waals surface area contributed by atoms with E-state index in [1.165, 1.54) is 24.1 Å². The van der Waals surface area contributed by atoms with Gasteiger partial charge in [-0.25, -0.2) is 13.5 Å². The van der Waals surface area contributed by atoms with Gasteiger partial charge in [-0.3, -0.25) is 4.98 Å². The fourth-order valence-corrected chi connectivity index (χ4v) is 4.20. The van der Waals surface area contributed by atoms with Crippen molar-refractivity contribution >= 4 is 51.8 Å². The van der Waals surface area contributed by atoms with Gasteiger partial charge in [0.1, 0.15) is 5.82 Å². The zero-order valence-corrected chi connectivity index (χ0v) is 16.8. The van der Waals surface area contributed by atoms with Gasteiger partial charge in [-0.1, -0.05) is 11.6 Å². The fraction of sp³-hybridized carbons (Fsp3) is 0.200. The van der Waals surface area contributed by atoms with Crippen LogP contribution < -0.4 is 5.32 Å². The number of carboxylic acids is 1. The number of ether oxygens (including phenoxy) is 1. The van der Waals surface area contributed by atoms with E-state index in [4.69, 9.17) is 16.3 Å². The number of carboxylic acid groups (broad SMARTS) is 1. The average molecular weight is 434 g/mol. The van der Waals surface area contributed by atoms with Crippen LogP contribution in [0.5, 0.6) is 0 Å². The molecular formula is C20H17ClFN3O3S. The van der Waals surface area contributed by atoms with Gasteiger partial charge in [-0.05, 0) is 48.3 Å². The lowest BCUT2D eigenvalue weighted by molar-refractivity contribution is 0.0698. The van der Waals surface area contributed by atoms with Gasteiger partial charge >= 0.3 is 5.97 Å². The van der Waals surface area contributed by atoms with E-state index >= 15 is 0 Å². The summed E-state index contributed by atoms with van der Waals surface area (Å²) in [5.74, 6) is -1.68. The molecule has 29 heavy (non-hydrogen) atoms. The number of nitrogens with one attached hydrogen (secondary N) is 1. The Kier molecular flexibility index (Phi) is 5.86. The SMILES string of the molecule is O=C(O)c1ccc(F)cc1Nc1c(SN2CCOCC2)cnc2ccc(Cl)cc12. The van der Waals surface area contributed by atoms with Crippen molar-refractivity contribution in [3.63, 3.8) is 0 Å². The monoisotopic (exact) mass is 433 g/mol. The standard InChI is InChI=1S/C20H17ClFN3O3S/c21-12-1-4-16-15(9-12)19(18(11-23-16)29-25-5-7-28-8-6-25)24-17-10-13(22)2-3-14(17)20(26)27/h1-4,9-11H,5-8H2,(H,23,24)(H,26,27). The Balaban J connectivity index is 1.82. The Hall–Kier alpha value is -2.39. The van der Waals surface area contributed by atoms with Crippen molar-refractivity contribution < 1.29 is 19.0 Å². The molecule has 1 saturated heterocycles. The molecule has 9 heteroatoms. The Bertz CT molecular complexity index is 1080. The molecule has 2 aromatic carbocycles. The number of halogens is 2. The molecule has 4 rings (SSSR count). The maximum atomic E-state index is 13.9. The lowest BCUT2D eigenvalue weighted by Crippen LogP contribution is -2.31. The maximum absolute atomic E-state index is 13.9. The van der Waals surface area contributed by atoms with E-state index < -0.39 is 11.8 Å². The normalized spacial score (nSPS) is 14.8. The number of rotatable bonds is 5. The molecule has 0 spiro atoms. The first-order valence-corrected chi connectivity index (χ1v) is 10.1. The van der Waals surface area contributed by atoms with Crippen LogP contribution in [-0.4, -0.2) is 46.7 Å². The largest absolute Gasteiger partial charge is 0.478 e. The summed E-state index contributed by atoms with van der Waals surface area (Å²) in [4.78, 5) is 16.9. The molecule has 3 aromatic rings. The predicted molar refractivity (Wildman–Crippen MR) is 112 cm³/mol. The summed E-state index contributed by atoms with van der Waals surface area (Å²) >= 11 is 7.70. The molecule has 1 aromatic heterocycles. The minimum absolute atomic E-state index is 0.0271. The number of pyridine rings is 1. The fourth-order valence-electron chi connectivity index (χ4n) is 3.06. The summed E-state index contributed by atoms with van der Waals surface area (Å²) in [6.45, 7) is 2.77. The van der Waals surface area contributed by atoms with Gasteiger partial charge in [0.15, 0.2) is 0 Å². The summed E-state index contributed by atoms with van der Waals surface area (Å²) in [7, 11) is 0. The van der Waals surface area contributed by atoms with Gasteiger partial charge in [0, 0.05) is 29.7 Å². The van der Waals surface area contributed by atoms with Crippen molar-refractivity contribution in [1.29, 1.82) is 0 Å². The Morgan fingerprint density at radius 3 is 2.79 bits per heavy atom. The van der Waals surface area contributed by atoms with Crippen LogP contribution in [0.15, 0.2) is 47.5 Å². The number of aromatic nitrogens is 1. The zero-order valence-electron chi connectivity index (χ0n) is 15.2. The highest BCUT2D eigenvalue weighted by molar-refractivity contribution is 7.97. The average Bonchev–Trinajstić information content (AvgIpc) is 2.70. The molecule has 1 aliphatic heterocycles. The Morgan fingerprint density at radius 2 is 2.03 bits per heavy atom. The number of anilines is 2. The number of fused-ring (bicyclic) bond motifs is 1. The third-order valence-corrected chi connectivity index (χ3v) is 5.83. The van der Waals surface area contributed by atoms with Crippen LogP contribution in [0.25, 0.3) is 10.9 Å². The minimum Gasteiger partial charge on any atom is -0.478 e. The second-order valence-corrected chi connectivity index (χ2v) is 7.99. The van der Waals surface area contributed by atoms with Gasteiger partial charge in [-0.15, -0.1) is 0 Å². The number of aromatic carboxylic acids is 1. The lowest BCUT2D eigenvalue weighted by Gasteiger charge is -2.26. The molecule has 0 aliphatic carbocycles. The van der Waals surface area contributed by atoms with Crippen molar-refractivity contribution in [2.24, 2.45) is 0 Å². The highest BCUT2D eigenvalue weighted by atomic mass is 35.5. The van der Waals surface area contributed by atoms with Crippen molar-refractivity contribution in [2.45, 2.75) is 4.90 Å². The van der Waals surface area contributed by atoms with Gasteiger partial charge in [-0.2, -0.15) is 0 Å². The van der Waals surface area contributed by atoms with Crippen molar-refractivity contribution in [3.05, 3.63) is 59.0 Å². The molecule has 1 fully saturated rings. The molecule has 150 valence electrons. The Labute approximate surface area is 175 Å². The zero-order chi connectivity index (χ0) is 20.4. The van der Waals surface area contributed by atoms with Crippen molar-refractivity contribution in [3.8, 4) is 0 Å². The van der Waals surface area contributed by atoms with Gasteiger partial charge in [0.2, 0.25) is 0 Å². The van der Waals surface area contributed by atoms with Crippen LogP contribution >= 0.6 is 23.5 Å². The summed E-state index contributed by atoms with van der Waals surface area (Å²) in [6, 6.07) is 8.82. The van der Waals surface area contributed by atoms with Crippen LogP contribution in [0.2, 0.25) is 5.02 Å². The first kappa shape index (κ1) is 19.9. The van der Waals surface area contributed by atoms with Crippen molar-refractivity contribution in [1.82, 2.24) is 9.29 Å². The number of morpholine rings is 1. The van der Waals surface area contributed by atoms with E-state index in [1.54, 1.807) is 24.4 Å². The summed E-state index contributed by atoms with van der Waals surface area (Å²) in [6.07, 6.45) is 1.72. The van der Waals surface area contributed by atoms with Crippen LogP contribution in [0.3, 0.4) is 0 Å². The van der Waals surface area contributed by atoms with Crippen LogP contribution in [0, 0.1) is 5.82 Å². The second kappa shape index (κ2) is 8.54. The topological polar surface area (TPSA) is 74.7 Å². The lowest BCUT2D eigenvalue weighted by atomic mass is 10.1. The predicted octanol–water partition coefficient (Wildman–Crippen LogP) is 4.81. The van der Waals surface area contributed by atoms with E-state index in [1.807, 2.05) is 0 Å². The van der Waals surface area contributed by atoms with E-state index in [2.05, 4.69) is 14.6 Å². The van der Waals surface area contributed by atoms with Gasteiger partial charge in [0.25, 0.3) is 0 Å². The summed E-state index contributed by atoms with van der Waals surface area (Å²) in [5.41, 5.74) is 1.45. The quantitative estimate of drug-likeness (QED) is 0.559. The first-order valence-electron chi connectivity index (χ1n) is 8.90. The number of nitrogens with zero attached hydrogens (tertiary/aromatic N) is 2. The smallest absolute Gasteiger partial charge is 0.337 e. The molecule has 0 bridgehead atoms. The molecule has 2 N–H and O–H groups in total. The van der Waals surface area contributed by atoms with E-state index in [0.717, 1.165) is 29.4 Å². The third kappa shape index (κ3) is 4.45. The Morgan fingerprint density at radius 1 is 1.24 bits per heavy atom. The molecular weight excluding hydrogens is 417 g/mol. The van der Waals surface area contributed by atoms with Gasteiger partial charge in [0.05, 0.1) is 40.6 Å². The number of hydrogen-bond donors (Lipinski definition) is 2. The summed E-state index contributed by atoms with van der Waals surface area (Å²) < 4.78 is 21.4. The van der Waals surface area contributed by atoms with Crippen LogP contribution in [0.4, 0.5) is 15.8 Å². The van der Waals surface area contributed by atoms with E-state index in [9.17, 15) is 14.3 Å². The van der Waals surface area contributed by atoms with Crippen LogP contribution in [-0.2, 0) is 4.74 Å². The van der Waals surface area contributed by atoms with Crippen LogP contribution in [0.1, 0.15) is 10.4 Å². The number of hydrogen-bond acceptors (Lipinski definition) is 6. The molecule has 0 unspecified atom stereocenters. The highest BCUT2D eigenvalue weighted by Gasteiger charge is 2.19. The molecule has 2 heterocycles. The summed E-state index contributed by atoms with van der Waals surface area (Å²) in [5, 5.41) is 13.9. The number of carbonyl (C=O) groups is 1. The molecule has 0 atom stereocenters. The molecule has 1 aliphatic rings. The highest BCUT2D eigenvalue weighted by Crippen LogP contribution is 2.38. The number of benzene rings is 2. The second-order valence-electron chi connectivity index (χ2n) is 6.41. The molecule has 0 radical (unpaired) electrons. The maximum Gasteiger partial charge on any atom is 0.337 e. The molecule has 6 nitrogen and oxygen atoms in total. The third-order valence-electron chi connectivity index (χ3n) is 4.46.